The normalized spacial score (nSPS) is 34.5. The van der Waals surface area contributed by atoms with Crippen molar-refractivity contribution < 1.29 is 67.8 Å². The number of hydrogen-bond donors (Lipinski definition) is 3. The fourth-order valence-electron chi connectivity index (χ4n) is 11.8. The van der Waals surface area contributed by atoms with Crippen LogP contribution in [0.4, 0.5) is 0 Å². The first kappa shape index (κ1) is 61.7. The van der Waals surface area contributed by atoms with Crippen LogP contribution < -0.4 is 0 Å². The molecule has 0 unspecified atom stereocenters. The topological polar surface area (TPSA) is 243 Å². The number of amides is 1. The van der Waals surface area contributed by atoms with Crippen LogP contribution in [0.5, 0.6) is 0 Å². The average molecular weight is 1090 g/mol. The van der Waals surface area contributed by atoms with E-state index in [9.17, 15) is 44.1 Å². The van der Waals surface area contributed by atoms with E-state index < -0.39 is 83.7 Å². The molecule has 18 heteroatoms. The summed E-state index contributed by atoms with van der Waals surface area (Å²) in [5.74, 6) is -9.31. The first-order valence-corrected chi connectivity index (χ1v) is 27.8. The van der Waals surface area contributed by atoms with Gasteiger partial charge in [0.1, 0.15) is 35.8 Å². The van der Waals surface area contributed by atoms with Crippen LogP contribution in [-0.4, -0.2) is 147 Å². The van der Waals surface area contributed by atoms with E-state index in [0.717, 1.165) is 17.6 Å². The van der Waals surface area contributed by atoms with E-state index in [1.165, 1.54) is 24.1 Å². The molecule has 0 radical (unpaired) electrons. The second kappa shape index (κ2) is 28.1. The van der Waals surface area contributed by atoms with E-state index >= 15 is 0 Å². The van der Waals surface area contributed by atoms with Gasteiger partial charge in [0.05, 0.1) is 36.1 Å². The molecule has 2 bridgehead atoms. The third kappa shape index (κ3) is 15.2. The van der Waals surface area contributed by atoms with Crippen LogP contribution in [0.25, 0.3) is 11.3 Å². The fraction of sp³-hybridized carbons (Fsp3) is 0.633. The average Bonchev–Trinajstić information content (AvgIpc) is 4.04. The number of carbonyl (C=O) groups excluding carboxylic acids is 5. The number of fused-ring (bicyclic) bond motifs is 3. The number of aromatic nitrogens is 3. The number of cyclic esters (lactones) is 1. The molecular weight excluding hydrogens is 1000 g/mol. The van der Waals surface area contributed by atoms with Crippen LogP contribution in [0, 0.1) is 35.5 Å². The molecule has 2 saturated heterocycles. The molecule has 6 rings (SSSR count). The lowest BCUT2D eigenvalue weighted by Gasteiger charge is -2.42. The number of benzene rings is 1. The predicted molar refractivity (Wildman–Crippen MR) is 291 cm³/mol. The van der Waals surface area contributed by atoms with Gasteiger partial charge in [-0.1, -0.05) is 88.4 Å². The van der Waals surface area contributed by atoms with Crippen molar-refractivity contribution >= 4 is 35.2 Å². The molecule has 1 aromatic heterocycles. The summed E-state index contributed by atoms with van der Waals surface area (Å²) in [6.07, 6.45) is 13.5. The molecule has 4 heterocycles. The quantitative estimate of drug-likeness (QED) is 0.122. The molecule has 428 valence electrons. The Morgan fingerprint density at radius 2 is 1.60 bits per heavy atom. The maximum absolute atomic E-state index is 14.7. The minimum Gasteiger partial charge on any atom is -0.478 e. The standard InChI is InChI=1S/C60H84N4O14/c1-35-16-12-11-13-17-36(2)50(74-8)32-45-25-19-41(7)60(73,78-45)56(68)57(69)63-27-15-14-18-48(63)59(72)77-51(33-49(65)37(3)29-40(6)54(67)55(76-10)53(66)39(5)28-35)38(4)30-42-20-26-47(52(31-42)75-9)64-34-46(61-62-64)43-21-23-44(24-22-43)58(70)71/h11-13,16-17,21-24,29,34-35,37-39,41-42,45,47-48,50-52,54-55,67,73H,14-15,18-20,25-28,30-33H2,1-10H3,(H,70,71)/b13-11?,16-12+,36-17?,40-29+/t35-,37-,38-,39-,41-,42+,45+,47+,48+,50+,51+,52-,54-,55+,60-/m1/s1. The molecule has 15 atom stereocenters. The Bertz CT molecular complexity index is 2540. The van der Waals surface area contributed by atoms with Crippen LogP contribution in [0.3, 0.4) is 0 Å². The van der Waals surface area contributed by atoms with Gasteiger partial charge in [-0.05, 0) is 119 Å². The Labute approximate surface area is 459 Å². The molecule has 3 aliphatic heterocycles. The summed E-state index contributed by atoms with van der Waals surface area (Å²) < 4.78 is 31.9. The van der Waals surface area contributed by atoms with Crippen molar-refractivity contribution in [3.8, 4) is 11.3 Å². The van der Waals surface area contributed by atoms with Crippen molar-refractivity contribution in [2.24, 2.45) is 35.5 Å². The SMILES string of the molecule is CO[C@H]1C[C@@H]2CC[C@@H](C)[C@@](O)(O2)C(=O)C(=O)N2CCCC[C@H]2C(=O)O[C@H]([C@H](C)C[C@@H]2CC[C@H](n3cc(-c4ccc(C(=O)O)cc4)nn3)[C@H](OC)C2)CC(=O)[C@H](C)/C=C(\C)[C@@H](O)[C@@H](OC)C(=O)[C@H](C)C[C@H](C)/C=C/C=CC=C1C. The molecule has 2 aromatic rings. The molecule has 3 N–H and O–H groups in total. The molecule has 18 nitrogen and oxygen atoms in total. The summed E-state index contributed by atoms with van der Waals surface area (Å²) in [5.41, 5.74) is 2.71. The number of aliphatic hydroxyl groups excluding tert-OH is 1. The lowest BCUT2D eigenvalue weighted by Crippen LogP contribution is -2.61. The van der Waals surface area contributed by atoms with Gasteiger partial charge in [-0.15, -0.1) is 5.10 Å². The first-order chi connectivity index (χ1) is 37.1. The number of carbonyl (C=O) groups is 6. The highest BCUT2D eigenvalue weighted by Crippen LogP contribution is 2.40. The molecule has 3 fully saturated rings. The molecule has 4 aliphatic rings. The van der Waals surface area contributed by atoms with Crippen LogP contribution >= 0.6 is 0 Å². The monoisotopic (exact) mass is 1080 g/mol. The van der Waals surface area contributed by atoms with Gasteiger partial charge in [0.25, 0.3) is 11.7 Å². The number of piperidine rings is 1. The summed E-state index contributed by atoms with van der Waals surface area (Å²) in [7, 11) is 4.59. The van der Waals surface area contributed by atoms with E-state index in [-0.39, 0.29) is 66.4 Å². The zero-order chi connectivity index (χ0) is 57.0. The summed E-state index contributed by atoms with van der Waals surface area (Å²) in [5, 5.41) is 41.8. The summed E-state index contributed by atoms with van der Waals surface area (Å²) >= 11 is 0. The second-order valence-electron chi connectivity index (χ2n) is 22.6. The third-order valence-corrected chi connectivity index (χ3v) is 16.8. The van der Waals surface area contributed by atoms with Gasteiger partial charge in [-0.25, -0.2) is 14.3 Å². The van der Waals surface area contributed by atoms with Crippen molar-refractivity contribution in [3.05, 3.63) is 83.6 Å². The highest BCUT2D eigenvalue weighted by Gasteiger charge is 2.53. The van der Waals surface area contributed by atoms with Crippen molar-refractivity contribution in [1.82, 2.24) is 19.9 Å². The minimum atomic E-state index is -2.46. The van der Waals surface area contributed by atoms with Crippen molar-refractivity contribution in [3.63, 3.8) is 0 Å². The molecule has 1 saturated carbocycles. The number of methoxy groups -OCH3 is 3. The molecule has 78 heavy (non-hydrogen) atoms. The molecule has 1 aromatic carbocycles. The Kier molecular flexibility index (Phi) is 22.2. The molecule has 0 spiro atoms. The summed E-state index contributed by atoms with van der Waals surface area (Å²) in [6.45, 7) is 12.7. The lowest BCUT2D eigenvalue weighted by molar-refractivity contribution is -0.265. The zero-order valence-electron chi connectivity index (χ0n) is 47.2. The number of ketones is 3. The van der Waals surface area contributed by atoms with Gasteiger partial charge in [0.2, 0.25) is 5.79 Å². The number of allylic oxidation sites excluding steroid dienone is 6. The van der Waals surface area contributed by atoms with Crippen molar-refractivity contribution in [2.75, 3.05) is 27.9 Å². The van der Waals surface area contributed by atoms with Crippen LogP contribution in [0.2, 0.25) is 0 Å². The third-order valence-electron chi connectivity index (χ3n) is 16.8. The number of aromatic carboxylic acids is 1. The van der Waals surface area contributed by atoms with Crippen molar-refractivity contribution in [2.45, 2.75) is 180 Å². The number of ether oxygens (including phenoxy) is 5. The van der Waals surface area contributed by atoms with E-state index in [4.69, 9.17) is 23.7 Å². The van der Waals surface area contributed by atoms with Crippen LogP contribution in [-0.2, 0) is 47.7 Å². The lowest BCUT2D eigenvalue weighted by atomic mass is 9.77. The number of aliphatic hydroxyl groups is 2. The number of esters is 1. The highest BCUT2D eigenvalue weighted by atomic mass is 16.6. The van der Waals surface area contributed by atoms with Crippen LogP contribution in [0.1, 0.15) is 142 Å². The number of rotatable bonds is 9. The Balaban J connectivity index is 1.27. The first-order valence-electron chi connectivity index (χ1n) is 27.8. The van der Waals surface area contributed by atoms with Gasteiger partial charge in [0, 0.05) is 64.0 Å². The Hall–Kier alpha value is -5.50. The van der Waals surface area contributed by atoms with E-state index in [1.807, 2.05) is 64.3 Å². The number of carboxylic acid groups (broad SMARTS) is 1. The van der Waals surface area contributed by atoms with Crippen molar-refractivity contribution in [1.29, 1.82) is 0 Å². The smallest absolute Gasteiger partial charge is 0.335 e. The second-order valence-corrected chi connectivity index (χ2v) is 22.6. The van der Waals surface area contributed by atoms with E-state index in [1.54, 1.807) is 57.9 Å². The Morgan fingerprint density at radius 3 is 2.28 bits per heavy atom. The van der Waals surface area contributed by atoms with Gasteiger partial charge in [-0.3, -0.25) is 19.2 Å². The maximum Gasteiger partial charge on any atom is 0.335 e. The fourth-order valence-corrected chi connectivity index (χ4v) is 11.8. The van der Waals surface area contributed by atoms with E-state index in [2.05, 4.69) is 10.3 Å². The van der Waals surface area contributed by atoms with Crippen LogP contribution in [0.15, 0.2) is 78.1 Å². The number of carboxylic acids is 1. The molecule has 1 amide bonds. The number of nitrogens with zero attached hydrogens (tertiary/aromatic N) is 4. The number of Topliss-reactive ketones (excluding diaryl/α,β-unsaturated/α-hetero) is 3. The Morgan fingerprint density at radius 1 is 0.872 bits per heavy atom. The van der Waals surface area contributed by atoms with Gasteiger partial charge < -0.3 is 43.9 Å². The van der Waals surface area contributed by atoms with Gasteiger partial charge >= 0.3 is 11.9 Å². The largest absolute Gasteiger partial charge is 0.478 e. The van der Waals surface area contributed by atoms with Gasteiger partial charge in [-0.2, -0.15) is 0 Å². The summed E-state index contributed by atoms with van der Waals surface area (Å²) in [4.78, 5) is 84.3. The highest BCUT2D eigenvalue weighted by molar-refractivity contribution is 6.39. The maximum atomic E-state index is 14.7. The summed E-state index contributed by atoms with van der Waals surface area (Å²) in [6, 6.07) is 5.08. The van der Waals surface area contributed by atoms with E-state index in [0.29, 0.717) is 69.1 Å². The minimum absolute atomic E-state index is 0.000703. The molecule has 1 aliphatic carbocycles. The van der Waals surface area contributed by atoms with Gasteiger partial charge in [0.15, 0.2) is 5.78 Å². The molecular formula is C60H84N4O14. The number of hydrogen-bond acceptors (Lipinski definition) is 15. The zero-order valence-corrected chi connectivity index (χ0v) is 47.2. The predicted octanol–water partition coefficient (Wildman–Crippen LogP) is 8.02.